The molecule has 3 aliphatic rings. The van der Waals surface area contributed by atoms with E-state index in [9.17, 15) is 9.59 Å². The number of benzene rings is 1. The molecule has 25 heavy (non-hydrogen) atoms. The van der Waals surface area contributed by atoms with Gasteiger partial charge < -0.3 is 10.2 Å². The molecule has 2 aliphatic heterocycles. The second kappa shape index (κ2) is 6.79. The maximum absolute atomic E-state index is 12.8. The summed E-state index contributed by atoms with van der Waals surface area (Å²) in [5.74, 6) is 0.845. The SMILES string of the molecule is Cc1cccc(CN2CCNC(=O)C2CC(=O)N2C[C@H]3CC[C@H]2C3)c1. The lowest BCUT2D eigenvalue weighted by molar-refractivity contribution is -0.140. The van der Waals surface area contributed by atoms with Gasteiger partial charge in [0, 0.05) is 32.2 Å². The molecule has 4 rings (SSSR count). The molecule has 1 aliphatic carbocycles. The third kappa shape index (κ3) is 3.43. The van der Waals surface area contributed by atoms with E-state index in [0.717, 1.165) is 32.5 Å². The van der Waals surface area contributed by atoms with Crippen molar-refractivity contribution in [1.82, 2.24) is 15.1 Å². The Morgan fingerprint density at radius 1 is 1.32 bits per heavy atom. The van der Waals surface area contributed by atoms with Gasteiger partial charge in [0.25, 0.3) is 0 Å². The van der Waals surface area contributed by atoms with Gasteiger partial charge in [-0.2, -0.15) is 0 Å². The van der Waals surface area contributed by atoms with E-state index >= 15 is 0 Å². The van der Waals surface area contributed by atoms with Crippen LogP contribution < -0.4 is 5.32 Å². The monoisotopic (exact) mass is 341 g/mol. The van der Waals surface area contributed by atoms with Crippen LogP contribution in [0.15, 0.2) is 24.3 Å². The van der Waals surface area contributed by atoms with Crippen molar-refractivity contribution in [2.75, 3.05) is 19.6 Å². The van der Waals surface area contributed by atoms with E-state index in [1.54, 1.807) is 0 Å². The molecule has 2 amide bonds. The second-order valence-electron chi connectivity index (χ2n) is 7.85. The predicted octanol–water partition coefficient (Wildman–Crippen LogP) is 1.70. The Hall–Kier alpha value is -1.88. The highest BCUT2D eigenvalue weighted by atomic mass is 16.2. The Balaban J connectivity index is 1.45. The zero-order chi connectivity index (χ0) is 17.4. The molecule has 5 heteroatoms. The number of hydrogen-bond donors (Lipinski definition) is 1. The van der Waals surface area contributed by atoms with Crippen LogP contribution in [0, 0.1) is 12.8 Å². The molecule has 2 saturated heterocycles. The summed E-state index contributed by atoms with van der Waals surface area (Å²) in [6, 6.07) is 8.46. The van der Waals surface area contributed by atoms with Crippen molar-refractivity contribution in [3.05, 3.63) is 35.4 Å². The number of nitrogens with zero attached hydrogens (tertiary/aromatic N) is 2. The number of amides is 2. The highest BCUT2D eigenvalue weighted by Gasteiger charge is 2.42. The molecule has 2 bridgehead atoms. The van der Waals surface area contributed by atoms with Crippen LogP contribution in [0.1, 0.15) is 36.8 Å². The smallest absolute Gasteiger partial charge is 0.237 e. The van der Waals surface area contributed by atoms with Crippen molar-refractivity contribution >= 4 is 11.8 Å². The summed E-state index contributed by atoms with van der Waals surface area (Å²) in [5, 5.41) is 2.94. The third-order valence-electron chi connectivity index (χ3n) is 6.01. The van der Waals surface area contributed by atoms with Crippen molar-refractivity contribution in [3.8, 4) is 0 Å². The number of rotatable bonds is 4. The summed E-state index contributed by atoms with van der Waals surface area (Å²) < 4.78 is 0. The normalized spacial score (nSPS) is 29.1. The number of carbonyl (C=O) groups is 2. The Morgan fingerprint density at radius 3 is 2.92 bits per heavy atom. The van der Waals surface area contributed by atoms with Gasteiger partial charge in [0.15, 0.2) is 0 Å². The Labute approximate surface area is 149 Å². The highest BCUT2D eigenvalue weighted by Crippen LogP contribution is 2.37. The van der Waals surface area contributed by atoms with Crippen LogP contribution in [0.4, 0.5) is 0 Å². The van der Waals surface area contributed by atoms with Crippen LogP contribution in [-0.2, 0) is 16.1 Å². The summed E-state index contributed by atoms with van der Waals surface area (Å²) in [7, 11) is 0. The molecular weight excluding hydrogens is 314 g/mol. The minimum atomic E-state index is -0.346. The number of nitrogens with one attached hydrogen (secondary N) is 1. The van der Waals surface area contributed by atoms with Crippen LogP contribution in [0.3, 0.4) is 0 Å². The van der Waals surface area contributed by atoms with Gasteiger partial charge in [-0.25, -0.2) is 0 Å². The van der Waals surface area contributed by atoms with Crippen LogP contribution in [0.25, 0.3) is 0 Å². The summed E-state index contributed by atoms with van der Waals surface area (Å²) in [5.41, 5.74) is 2.42. The van der Waals surface area contributed by atoms with Gasteiger partial charge in [0.2, 0.25) is 11.8 Å². The molecule has 1 aromatic rings. The largest absolute Gasteiger partial charge is 0.353 e. The van der Waals surface area contributed by atoms with E-state index in [1.807, 2.05) is 4.90 Å². The van der Waals surface area contributed by atoms with E-state index < -0.39 is 0 Å². The fourth-order valence-corrected chi connectivity index (χ4v) is 4.73. The van der Waals surface area contributed by atoms with Gasteiger partial charge in [0.1, 0.15) is 0 Å². The first-order chi connectivity index (χ1) is 12.1. The van der Waals surface area contributed by atoms with Crippen molar-refractivity contribution in [2.24, 2.45) is 5.92 Å². The fourth-order valence-electron chi connectivity index (χ4n) is 4.73. The van der Waals surface area contributed by atoms with Gasteiger partial charge in [-0.3, -0.25) is 14.5 Å². The summed E-state index contributed by atoms with van der Waals surface area (Å²) in [4.78, 5) is 29.5. The second-order valence-corrected chi connectivity index (χ2v) is 7.85. The lowest BCUT2D eigenvalue weighted by atomic mass is 10.0. The van der Waals surface area contributed by atoms with E-state index in [0.29, 0.717) is 24.9 Å². The maximum Gasteiger partial charge on any atom is 0.237 e. The first kappa shape index (κ1) is 16.6. The molecule has 3 fully saturated rings. The predicted molar refractivity (Wildman–Crippen MR) is 95.8 cm³/mol. The molecule has 1 N–H and O–H groups in total. The summed E-state index contributed by atoms with van der Waals surface area (Å²) in [6.45, 7) is 5.15. The van der Waals surface area contributed by atoms with Crippen LogP contribution in [0.2, 0.25) is 0 Å². The van der Waals surface area contributed by atoms with Gasteiger partial charge >= 0.3 is 0 Å². The van der Waals surface area contributed by atoms with Crippen molar-refractivity contribution in [1.29, 1.82) is 0 Å². The van der Waals surface area contributed by atoms with Gasteiger partial charge in [-0.15, -0.1) is 0 Å². The lowest BCUT2D eigenvalue weighted by Gasteiger charge is -2.36. The lowest BCUT2D eigenvalue weighted by Crippen LogP contribution is -2.56. The van der Waals surface area contributed by atoms with Gasteiger partial charge in [-0.1, -0.05) is 29.8 Å². The van der Waals surface area contributed by atoms with E-state index in [-0.39, 0.29) is 17.9 Å². The quantitative estimate of drug-likeness (QED) is 0.907. The minimum Gasteiger partial charge on any atom is -0.353 e. The fraction of sp³-hybridized carbons (Fsp3) is 0.600. The topological polar surface area (TPSA) is 52.7 Å². The Kier molecular flexibility index (Phi) is 4.50. The van der Waals surface area contributed by atoms with Gasteiger partial charge in [0.05, 0.1) is 12.5 Å². The number of hydrogen-bond acceptors (Lipinski definition) is 3. The molecule has 5 nitrogen and oxygen atoms in total. The summed E-state index contributed by atoms with van der Waals surface area (Å²) in [6.07, 6.45) is 3.87. The summed E-state index contributed by atoms with van der Waals surface area (Å²) >= 11 is 0. The van der Waals surface area contributed by atoms with E-state index in [1.165, 1.54) is 17.5 Å². The molecular formula is C20H27N3O2. The minimum absolute atomic E-state index is 0.00314. The van der Waals surface area contributed by atoms with Crippen molar-refractivity contribution in [3.63, 3.8) is 0 Å². The number of aryl methyl sites for hydroxylation is 1. The molecule has 1 unspecified atom stereocenters. The molecule has 0 radical (unpaired) electrons. The van der Waals surface area contributed by atoms with Gasteiger partial charge in [-0.05, 0) is 37.7 Å². The average Bonchev–Trinajstić information content (AvgIpc) is 3.21. The van der Waals surface area contributed by atoms with Crippen LogP contribution in [0.5, 0.6) is 0 Å². The number of piperidine rings is 1. The first-order valence-electron chi connectivity index (χ1n) is 9.47. The number of carbonyl (C=O) groups excluding carboxylic acids is 2. The van der Waals surface area contributed by atoms with E-state index in [2.05, 4.69) is 41.4 Å². The number of likely N-dealkylation sites (tertiary alicyclic amines) is 1. The maximum atomic E-state index is 12.8. The first-order valence-corrected chi connectivity index (χ1v) is 9.47. The zero-order valence-corrected chi connectivity index (χ0v) is 14.9. The molecule has 134 valence electrons. The molecule has 0 aromatic heterocycles. The van der Waals surface area contributed by atoms with Crippen molar-refractivity contribution < 1.29 is 9.59 Å². The third-order valence-corrected chi connectivity index (χ3v) is 6.01. The molecule has 3 atom stereocenters. The van der Waals surface area contributed by atoms with Crippen LogP contribution in [-0.4, -0.2) is 53.3 Å². The zero-order valence-electron chi connectivity index (χ0n) is 14.9. The Bertz CT molecular complexity index is 675. The Morgan fingerprint density at radius 2 is 2.20 bits per heavy atom. The average molecular weight is 341 g/mol. The highest BCUT2D eigenvalue weighted by molar-refractivity contribution is 5.89. The molecule has 1 saturated carbocycles. The standard InChI is InChI=1S/C20H27N3O2/c1-14-3-2-4-15(9-14)12-22-8-7-21-20(25)18(22)11-19(24)23-13-16-5-6-17(23)10-16/h2-4,9,16-18H,5-8,10-13H2,1H3,(H,21,25)/t16-,17-,18?/m0/s1. The molecule has 1 aromatic carbocycles. The number of fused-ring (bicyclic) bond motifs is 2. The van der Waals surface area contributed by atoms with Crippen molar-refractivity contribution in [2.45, 2.75) is 51.2 Å². The number of piperazine rings is 1. The molecule has 0 spiro atoms. The van der Waals surface area contributed by atoms with E-state index in [4.69, 9.17) is 0 Å². The molecule has 2 heterocycles. The van der Waals surface area contributed by atoms with Crippen LogP contribution >= 0.6 is 0 Å².